The van der Waals surface area contributed by atoms with Gasteiger partial charge in [-0.3, -0.25) is 4.79 Å². The first-order valence-electron chi connectivity index (χ1n) is 10.1. The Morgan fingerprint density at radius 2 is 1.81 bits per heavy atom. The van der Waals surface area contributed by atoms with Crippen molar-refractivity contribution < 1.29 is 27.4 Å². The lowest BCUT2D eigenvalue weighted by Gasteiger charge is -2.21. The molecule has 168 valence electrons. The van der Waals surface area contributed by atoms with Crippen molar-refractivity contribution >= 4 is 15.9 Å². The summed E-state index contributed by atoms with van der Waals surface area (Å²) in [5, 5.41) is 2.94. The molecule has 1 aliphatic heterocycles. The standard InChI is InChI=1S/C22H28N2O6S/c1-16(17-6-11-20-21(15-17)30-14-13-29-20)23-22(25)5-4-12-24(2)31(26,27)19-9-7-18(28-3)8-10-19/h6-11,15-16H,4-5,12-14H2,1-3H3,(H,23,25). The largest absolute Gasteiger partial charge is 0.497 e. The number of amides is 1. The maximum absolute atomic E-state index is 12.7. The molecule has 0 aliphatic carbocycles. The minimum Gasteiger partial charge on any atom is -0.497 e. The second-order valence-electron chi connectivity index (χ2n) is 7.30. The number of carbonyl (C=O) groups excluding carboxylic acids is 1. The number of ether oxygens (including phenoxy) is 3. The molecule has 1 atom stereocenters. The van der Waals surface area contributed by atoms with Crippen molar-refractivity contribution in [3.8, 4) is 17.2 Å². The first kappa shape index (κ1) is 22.9. The molecular formula is C22H28N2O6S. The molecule has 31 heavy (non-hydrogen) atoms. The number of hydrogen-bond acceptors (Lipinski definition) is 6. The zero-order chi connectivity index (χ0) is 22.4. The molecule has 1 heterocycles. The predicted molar refractivity (Wildman–Crippen MR) is 116 cm³/mol. The van der Waals surface area contributed by atoms with Crippen molar-refractivity contribution in [1.29, 1.82) is 0 Å². The van der Waals surface area contributed by atoms with Gasteiger partial charge in [-0.05, 0) is 55.3 Å². The summed E-state index contributed by atoms with van der Waals surface area (Å²) in [5.41, 5.74) is 0.914. The highest BCUT2D eigenvalue weighted by Gasteiger charge is 2.21. The minimum atomic E-state index is -3.62. The van der Waals surface area contributed by atoms with E-state index in [0.717, 1.165) is 5.56 Å². The van der Waals surface area contributed by atoms with Crippen molar-refractivity contribution in [2.45, 2.75) is 30.7 Å². The third-order valence-corrected chi connectivity index (χ3v) is 6.96. The van der Waals surface area contributed by atoms with Gasteiger partial charge in [-0.1, -0.05) is 6.07 Å². The first-order chi connectivity index (χ1) is 14.8. The number of benzene rings is 2. The van der Waals surface area contributed by atoms with Gasteiger partial charge in [0.2, 0.25) is 15.9 Å². The Labute approximate surface area is 183 Å². The molecule has 1 N–H and O–H groups in total. The van der Waals surface area contributed by atoms with Gasteiger partial charge in [0.25, 0.3) is 0 Å². The van der Waals surface area contributed by atoms with Crippen molar-refractivity contribution in [3.05, 3.63) is 48.0 Å². The summed E-state index contributed by atoms with van der Waals surface area (Å²) < 4.78 is 42.7. The van der Waals surface area contributed by atoms with Crippen LogP contribution in [0, 0.1) is 0 Å². The molecule has 0 spiro atoms. The molecule has 1 unspecified atom stereocenters. The molecule has 2 aromatic rings. The van der Waals surface area contributed by atoms with Crippen molar-refractivity contribution in [1.82, 2.24) is 9.62 Å². The Hall–Kier alpha value is -2.78. The van der Waals surface area contributed by atoms with Crippen molar-refractivity contribution in [2.24, 2.45) is 0 Å². The fraction of sp³-hybridized carbons (Fsp3) is 0.409. The number of carbonyl (C=O) groups is 1. The maximum Gasteiger partial charge on any atom is 0.242 e. The molecule has 9 heteroatoms. The Morgan fingerprint density at radius 3 is 2.48 bits per heavy atom. The Balaban J connectivity index is 1.49. The highest BCUT2D eigenvalue weighted by Crippen LogP contribution is 2.32. The van der Waals surface area contributed by atoms with Gasteiger partial charge in [0, 0.05) is 20.0 Å². The zero-order valence-corrected chi connectivity index (χ0v) is 18.8. The first-order valence-corrected chi connectivity index (χ1v) is 11.5. The van der Waals surface area contributed by atoms with Gasteiger partial charge in [0.15, 0.2) is 11.5 Å². The molecule has 1 aliphatic rings. The van der Waals surface area contributed by atoms with Gasteiger partial charge in [-0.25, -0.2) is 12.7 Å². The molecule has 0 aromatic heterocycles. The summed E-state index contributed by atoms with van der Waals surface area (Å²) >= 11 is 0. The smallest absolute Gasteiger partial charge is 0.242 e. The van der Waals surface area contributed by atoms with E-state index in [1.165, 1.54) is 30.6 Å². The van der Waals surface area contributed by atoms with E-state index in [4.69, 9.17) is 14.2 Å². The van der Waals surface area contributed by atoms with Gasteiger partial charge in [-0.2, -0.15) is 0 Å². The van der Waals surface area contributed by atoms with Crippen LogP contribution in [0.15, 0.2) is 47.4 Å². The molecular weight excluding hydrogens is 420 g/mol. The minimum absolute atomic E-state index is 0.141. The van der Waals surface area contributed by atoms with E-state index in [1.807, 2.05) is 25.1 Å². The monoisotopic (exact) mass is 448 g/mol. The molecule has 3 rings (SSSR count). The van der Waals surface area contributed by atoms with Crippen LogP contribution in [0.5, 0.6) is 17.2 Å². The lowest BCUT2D eigenvalue weighted by atomic mass is 10.1. The molecule has 0 saturated heterocycles. The topological polar surface area (TPSA) is 94.2 Å². The van der Waals surface area contributed by atoms with Gasteiger partial charge in [-0.15, -0.1) is 0 Å². The van der Waals surface area contributed by atoms with Crippen molar-refractivity contribution in [3.63, 3.8) is 0 Å². The molecule has 0 radical (unpaired) electrons. The van der Waals surface area contributed by atoms with E-state index in [2.05, 4.69) is 5.32 Å². The normalized spacial score (nSPS) is 14.2. The lowest BCUT2D eigenvalue weighted by molar-refractivity contribution is -0.121. The van der Waals surface area contributed by atoms with Gasteiger partial charge in [0.05, 0.1) is 18.0 Å². The van der Waals surface area contributed by atoms with Crippen LogP contribution >= 0.6 is 0 Å². The molecule has 0 bridgehead atoms. The number of rotatable bonds is 9. The van der Waals surface area contributed by atoms with Crippen LogP contribution in [0.1, 0.15) is 31.4 Å². The highest BCUT2D eigenvalue weighted by atomic mass is 32.2. The van der Waals surface area contributed by atoms with Crippen LogP contribution in [0.3, 0.4) is 0 Å². The van der Waals surface area contributed by atoms with Gasteiger partial charge >= 0.3 is 0 Å². The number of hydrogen-bond donors (Lipinski definition) is 1. The average Bonchev–Trinajstić information content (AvgIpc) is 2.78. The van der Waals surface area contributed by atoms with Crippen LogP contribution in [0.25, 0.3) is 0 Å². The summed E-state index contributed by atoms with van der Waals surface area (Å²) in [4.78, 5) is 12.5. The quantitative estimate of drug-likeness (QED) is 0.634. The Bertz CT molecular complexity index is 1010. The third-order valence-electron chi connectivity index (χ3n) is 5.09. The predicted octanol–water partition coefficient (Wildman–Crippen LogP) is 2.74. The van der Waals surface area contributed by atoms with Gasteiger partial charge < -0.3 is 19.5 Å². The summed E-state index contributed by atoms with van der Waals surface area (Å²) in [6.45, 7) is 3.16. The molecule has 2 aromatic carbocycles. The third kappa shape index (κ3) is 5.68. The van der Waals surface area contributed by atoms with E-state index < -0.39 is 10.0 Å². The average molecular weight is 449 g/mol. The summed E-state index contributed by atoms with van der Waals surface area (Å²) in [5.74, 6) is 1.83. The second kappa shape index (κ2) is 10.0. The van der Waals surface area contributed by atoms with E-state index in [1.54, 1.807) is 12.1 Å². The summed E-state index contributed by atoms with van der Waals surface area (Å²) in [6, 6.07) is 11.6. The SMILES string of the molecule is COc1ccc(S(=O)(=O)N(C)CCCC(=O)NC(C)c2ccc3c(c2)OCCO3)cc1. The molecule has 8 nitrogen and oxygen atoms in total. The zero-order valence-electron chi connectivity index (χ0n) is 18.0. The number of fused-ring (bicyclic) bond motifs is 1. The van der Waals surface area contributed by atoms with Crippen LogP contribution in [-0.4, -0.2) is 52.5 Å². The molecule has 0 fully saturated rings. The molecule has 0 saturated carbocycles. The number of nitrogens with zero attached hydrogens (tertiary/aromatic N) is 1. The van der Waals surface area contributed by atoms with Crippen LogP contribution in [-0.2, 0) is 14.8 Å². The Morgan fingerprint density at radius 1 is 1.13 bits per heavy atom. The van der Waals surface area contributed by atoms with E-state index in [0.29, 0.717) is 36.9 Å². The van der Waals surface area contributed by atoms with Crippen LogP contribution in [0.4, 0.5) is 0 Å². The van der Waals surface area contributed by atoms with E-state index in [-0.39, 0.29) is 29.8 Å². The summed E-state index contributed by atoms with van der Waals surface area (Å²) in [7, 11) is -0.584. The highest BCUT2D eigenvalue weighted by molar-refractivity contribution is 7.89. The number of nitrogens with one attached hydrogen (secondary N) is 1. The fourth-order valence-electron chi connectivity index (χ4n) is 3.24. The summed E-state index contributed by atoms with van der Waals surface area (Å²) in [6.07, 6.45) is 0.628. The fourth-order valence-corrected chi connectivity index (χ4v) is 4.45. The van der Waals surface area contributed by atoms with Crippen LogP contribution in [0.2, 0.25) is 0 Å². The Kier molecular flexibility index (Phi) is 7.40. The number of methoxy groups -OCH3 is 1. The van der Waals surface area contributed by atoms with Gasteiger partial charge in [0.1, 0.15) is 19.0 Å². The van der Waals surface area contributed by atoms with E-state index in [9.17, 15) is 13.2 Å². The lowest BCUT2D eigenvalue weighted by Crippen LogP contribution is -2.30. The second-order valence-corrected chi connectivity index (χ2v) is 9.34. The molecule has 1 amide bonds. The number of sulfonamides is 1. The maximum atomic E-state index is 12.7. The van der Waals surface area contributed by atoms with E-state index >= 15 is 0 Å². The van der Waals surface area contributed by atoms with Crippen LogP contribution < -0.4 is 19.5 Å². The van der Waals surface area contributed by atoms with Crippen molar-refractivity contribution in [2.75, 3.05) is 33.9 Å².